The maximum absolute atomic E-state index is 1.82. The van der Waals surface area contributed by atoms with Crippen molar-refractivity contribution in [2.75, 3.05) is 0 Å². The molecule has 0 aliphatic heterocycles. The van der Waals surface area contributed by atoms with E-state index >= 15 is 0 Å². The van der Waals surface area contributed by atoms with E-state index in [0.29, 0.717) is 32.5 Å². The second-order valence-corrected chi connectivity index (χ2v) is 52.9. The molecule has 40 saturated carbocycles. The fourth-order valence-corrected chi connectivity index (χ4v) is 54.3. The van der Waals surface area contributed by atoms with E-state index in [1.165, 1.54) is 0 Å². The molecule has 542 valence electrons. The largest absolute Gasteiger partial charge is 0.0475 e. The third-order valence-corrected chi connectivity index (χ3v) is 49.1. The Morgan fingerprint density at radius 1 is 0.120 bits per heavy atom. The van der Waals surface area contributed by atoms with Gasteiger partial charge in [0.05, 0.1) is 0 Å². The molecule has 24 atom stereocenters. The predicted molar refractivity (Wildman–Crippen MR) is 397 cm³/mol. The van der Waals surface area contributed by atoms with Crippen LogP contribution in [0, 0.1) is 279 Å². The first-order valence-electron chi connectivity index (χ1n) is 48.8. The highest BCUT2D eigenvalue weighted by Crippen LogP contribution is 2.92. The van der Waals surface area contributed by atoms with Gasteiger partial charge in [0.1, 0.15) is 0 Å². The molecule has 0 saturated heterocycles. The smallest absolute Gasteiger partial charge is 0.0199 e. The molecule has 100 heavy (non-hydrogen) atoms. The normalized spacial score (nSPS) is 72.7. The minimum Gasteiger partial charge on any atom is -0.0475 e. The molecule has 0 amide bonds. The summed E-state index contributed by atoms with van der Waals surface area (Å²) in [7, 11) is 0. The second kappa shape index (κ2) is 18.6. The summed E-state index contributed by atoms with van der Waals surface area (Å²) in [6, 6.07) is 0. The molecule has 0 radical (unpaired) electrons. The molecular weight excluding hydrogens is 1200 g/mol. The van der Waals surface area contributed by atoms with Gasteiger partial charge in [-0.1, -0.05) is 0 Å². The molecule has 0 aromatic heterocycles. The number of hydrogen-bond acceptors (Lipinski definition) is 0. The zero-order valence-electron chi connectivity index (χ0n) is 63.7. The van der Waals surface area contributed by atoms with Crippen LogP contribution in [0.15, 0.2) is 0 Å². The first kappa shape index (κ1) is 58.9. The SMILES string of the molecule is C1C2CC3CC1CC(C1C4CC5CC(C4)CC1(C1C4CC6CC(C4)CC1(C1C4CC7CC(C4)CC1(C1C4CC8CC(C4)CC1(C1C4CC9CC(C4)CC1(C1C4CC%10CC(C4)CC1(C1C4CC%11CC(C4)CC1(C1C4CC%12CC(C4)CC1(C14CC%13CC(CC(C%13)C1)C4)C%12)C%11)C%10)C9)C8)C7)C6)C5)(C2)C3. The lowest BCUT2D eigenvalue weighted by Gasteiger charge is -2.84. The molecule has 0 heteroatoms. The van der Waals surface area contributed by atoms with Crippen LogP contribution in [0.5, 0.6) is 0 Å². The summed E-state index contributed by atoms with van der Waals surface area (Å²) in [5.74, 6) is 43.0. The number of rotatable bonds is 9. The molecule has 40 rings (SSSR count). The summed E-state index contributed by atoms with van der Waals surface area (Å²) in [4.78, 5) is 0. The van der Waals surface area contributed by atoms with Crippen LogP contribution in [0.2, 0.25) is 0 Å². The Labute approximate surface area is 609 Å². The van der Waals surface area contributed by atoms with E-state index in [1.807, 2.05) is 51.4 Å². The summed E-state index contributed by atoms with van der Waals surface area (Å²) in [6.45, 7) is 0. The van der Waals surface area contributed by atoms with Crippen LogP contribution in [0.3, 0.4) is 0 Å². The van der Waals surface area contributed by atoms with E-state index in [9.17, 15) is 0 Å². The summed E-state index contributed by atoms with van der Waals surface area (Å²) >= 11 is 0. The Balaban J connectivity index is 0.607. The van der Waals surface area contributed by atoms with Gasteiger partial charge in [0.25, 0.3) is 0 Å². The van der Waals surface area contributed by atoms with Crippen LogP contribution in [0.4, 0.5) is 0 Å². The minimum atomic E-state index is 0.693. The van der Waals surface area contributed by atoms with Gasteiger partial charge in [-0.15, -0.1) is 0 Å². The monoisotopic (exact) mass is 1340 g/mol. The van der Waals surface area contributed by atoms with Gasteiger partial charge in [0.2, 0.25) is 0 Å². The summed E-state index contributed by atoms with van der Waals surface area (Å²) < 4.78 is 0. The lowest BCUT2D eigenvalue weighted by molar-refractivity contribution is -0.353. The Morgan fingerprint density at radius 3 is 0.490 bits per heavy atom. The molecule has 0 spiro atoms. The van der Waals surface area contributed by atoms with Crippen molar-refractivity contribution in [2.45, 2.75) is 334 Å². The van der Waals surface area contributed by atoms with E-state index < -0.39 is 0 Å². The molecule has 40 aliphatic carbocycles. The zero-order chi connectivity index (χ0) is 63.7. The quantitative estimate of drug-likeness (QED) is 0.216. The van der Waals surface area contributed by atoms with E-state index in [2.05, 4.69) is 0 Å². The Bertz CT molecular complexity index is 3330. The predicted octanol–water partition coefficient (Wildman–Crippen LogP) is 25.0. The maximum Gasteiger partial charge on any atom is -0.0199 e. The Hall–Kier alpha value is 0. The van der Waals surface area contributed by atoms with Gasteiger partial charge < -0.3 is 0 Å². The van der Waals surface area contributed by atoms with Crippen molar-refractivity contribution in [2.24, 2.45) is 279 Å². The molecule has 0 N–H and O–H groups in total. The first-order chi connectivity index (χ1) is 48.8. The molecule has 40 bridgehead atoms. The zero-order valence-corrected chi connectivity index (χ0v) is 63.7. The van der Waals surface area contributed by atoms with E-state index in [1.54, 1.807) is 283 Å². The molecule has 24 unspecified atom stereocenters. The van der Waals surface area contributed by atoms with Gasteiger partial charge in [-0.25, -0.2) is 0 Å². The van der Waals surface area contributed by atoms with Crippen LogP contribution in [0.1, 0.15) is 334 Å². The highest BCUT2D eigenvalue weighted by atomic mass is 14.9. The molecule has 40 fully saturated rings. The van der Waals surface area contributed by atoms with Crippen LogP contribution >= 0.6 is 0 Å². The van der Waals surface area contributed by atoms with Gasteiger partial charge in [-0.3, -0.25) is 0 Å². The second-order valence-electron chi connectivity index (χ2n) is 52.9. The van der Waals surface area contributed by atoms with Crippen LogP contribution in [-0.2, 0) is 0 Å². The average Bonchev–Trinajstić information content (AvgIpc) is 0.649. The van der Waals surface area contributed by atoms with E-state index in [-0.39, 0.29) is 0 Å². The summed E-state index contributed by atoms with van der Waals surface area (Å²) in [5.41, 5.74) is 7.20. The van der Waals surface area contributed by atoms with Crippen LogP contribution in [0.25, 0.3) is 0 Å². The standard InChI is InChI=1S/C100H142/c1-53-2-55-3-54(1)32-91(31-53,33-55)83-75-15-59-7-60(16-75)38-93(83,37-59)84-76-17-61-8-62(18-76)40-94(84,39-61)85-77-19-63-9-64(20-77)42-95(85,41-63)86-78-21-65-10-66(22-78)44-96(86,43-65)87-79-23-67-11-68(24-79)46-97(87,45-67)88-80-25-69-12-70(26-80)48-98(88,47-69)89-81-27-71-13-72(28-81)50-99(89,49-71)90-82-29-73-14-74(30-82)52-100(90,51-73)92-34-56-4-57(35-92)6-58(5-56)36-92/h53-90H,1-52H2. The fraction of sp³-hybridized carbons (Fsp3) is 1.00. The van der Waals surface area contributed by atoms with Crippen LogP contribution < -0.4 is 0 Å². The third-order valence-electron chi connectivity index (χ3n) is 49.1. The molecule has 0 nitrogen and oxygen atoms in total. The van der Waals surface area contributed by atoms with Crippen molar-refractivity contribution in [1.29, 1.82) is 0 Å². The summed E-state index contributed by atoms with van der Waals surface area (Å²) in [6.07, 6.45) is 91.0. The first-order valence-corrected chi connectivity index (χ1v) is 48.8. The van der Waals surface area contributed by atoms with Crippen molar-refractivity contribution >= 4 is 0 Å². The van der Waals surface area contributed by atoms with Crippen molar-refractivity contribution < 1.29 is 0 Å². The minimum absolute atomic E-state index is 0.693. The maximum atomic E-state index is 1.82. The lowest BCUT2D eigenvalue weighted by Crippen LogP contribution is -2.77. The van der Waals surface area contributed by atoms with Crippen molar-refractivity contribution in [1.82, 2.24) is 0 Å². The highest BCUT2D eigenvalue weighted by Gasteiger charge is 2.85. The Kier molecular flexibility index (Phi) is 11.0. The highest BCUT2D eigenvalue weighted by molar-refractivity contribution is 5.33. The number of hydrogen-bond donors (Lipinski definition) is 0. The third kappa shape index (κ3) is 6.85. The molecule has 0 aromatic rings. The average molecular weight is 1340 g/mol. The molecule has 0 heterocycles. The summed E-state index contributed by atoms with van der Waals surface area (Å²) in [5, 5.41) is 0. The van der Waals surface area contributed by atoms with Gasteiger partial charge in [0.15, 0.2) is 0 Å². The molecule has 0 aromatic carbocycles. The topological polar surface area (TPSA) is 0 Å². The Morgan fingerprint density at radius 2 is 0.270 bits per heavy atom. The van der Waals surface area contributed by atoms with Gasteiger partial charge in [-0.05, 0) is 613 Å². The van der Waals surface area contributed by atoms with Gasteiger partial charge in [0, 0.05) is 0 Å². The van der Waals surface area contributed by atoms with Crippen molar-refractivity contribution in [3.8, 4) is 0 Å². The van der Waals surface area contributed by atoms with E-state index in [0.717, 1.165) is 247 Å². The van der Waals surface area contributed by atoms with Crippen molar-refractivity contribution in [3.05, 3.63) is 0 Å². The van der Waals surface area contributed by atoms with Crippen molar-refractivity contribution in [3.63, 3.8) is 0 Å². The fourth-order valence-electron chi connectivity index (χ4n) is 54.3. The van der Waals surface area contributed by atoms with Gasteiger partial charge in [-0.2, -0.15) is 0 Å². The van der Waals surface area contributed by atoms with Gasteiger partial charge >= 0.3 is 0 Å². The van der Waals surface area contributed by atoms with Crippen LogP contribution in [-0.4, -0.2) is 0 Å². The molecular formula is C100H142. The molecule has 40 aliphatic rings. The lowest BCUT2D eigenvalue weighted by atomic mass is 9.21. The van der Waals surface area contributed by atoms with E-state index in [4.69, 9.17) is 0 Å².